The van der Waals surface area contributed by atoms with Crippen LogP contribution in [0.4, 0.5) is 10.2 Å². The van der Waals surface area contributed by atoms with E-state index in [1.165, 1.54) is 13.2 Å². The molecule has 2 rings (SSSR count). The SMILES string of the molecule is CCNc1cc(COC)nc(-c2ccc(OC)c(F)c2)n1. The van der Waals surface area contributed by atoms with E-state index >= 15 is 0 Å². The van der Waals surface area contributed by atoms with Gasteiger partial charge in [-0.3, -0.25) is 0 Å². The maximum atomic E-state index is 13.8. The highest BCUT2D eigenvalue weighted by atomic mass is 19.1. The molecule has 112 valence electrons. The largest absolute Gasteiger partial charge is 0.494 e. The molecular formula is C15H18FN3O2. The minimum atomic E-state index is -0.444. The molecule has 0 fully saturated rings. The number of nitrogens with zero attached hydrogens (tertiary/aromatic N) is 2. The maximum Gasteiger partial charge on any atom is 0.165 e. The zero-order chi connectivity index (χ0) is 15.2. The van der Waals surface area contributed by atoms with Gasteiger partial charge in [-0.2, -0.15) is 0 Å². The van der Waals surface area contributed by atoms with Crippen LogP contribution in [0.25, 0.3) is 11.4 Å². The zero-order valence-electron chi connectivity index (χ0n) is 12.3. The first-order valence-corrected chi connectivity index (χ1v) is 6.62. The zero-order valence-corrected chi connectivity index (χ0v) is 12.3. The summed E-state index contributed by atoms with van der Waals surface area (Å²) in [6.07, 6.45) is 0. The molecule has 0 amide bonds. The number of benzene rings is 1. The molecule has 0 atom stereocenters. The Bertz CT molecular complexity index is 596. The number of methoxy groups -OCH3 is 2. The summed E-state index contributed by atoms with van der Waals surface area (Å²) >= 11 is 0. The van der Waals surface area contributed by atoms with E-state index in [1.54, 1.807) is 19.2 Å². The summed E-state index contributed by atoms with van der Waals surface area (Å²) < 4.78 is 23.8. The van der Waals surface area contributed by atoms with E-state index in [1.807, 2.05) is 13.0 Å². The van der Waals surface area contributed by atoms with Crippen LogP contribution in [-0.2, 0) is 11.3 Å². The first kappa shape index (κ1) is 15.2. The van der Waals surface area contributed by atoms with Gasteiger partial charge in [-0.15, -0.1) is 0 Å². The van der Waals surface area contributed by atoms with Crippen LogP contribution in [0.2, 0.25) is 0 Å². The van der Waals surface area contributed by atoms with E-state index in [-0.39, 0.29) is 5.75 Å². The molecule has 21 heavy (non-hydrogen) atoms. The number of ether oxygens (including phenoxy) is 2. The highest BCUT2D eigenvalue weighted by Gasteiger charge is 2.10. The van der Waals surface area contributed by atoms with Crippen LogP contribution in [0.5, 0.6) is 5.75 Å². The van der Waals surface area contributed by atoms with Gasteiger partial charge in [0.15, 0.2) is 17.4 Å². The molecule has 0 spiro atoms. The lowest BCUT2D eigenvalue weighted by Gasteiger charge is -2.09. The van der Waals surface area contributed by atoms with Gasteiger partial charge in [0.2, 0.25) is 0 Å². The van der Waals surface area contributed by atoms with E-state index in [0.29, 0.717) is 23.8 Å². The molecule has 1 aromatic carbocycles. The second kappa shape index (κ2) is 6.99. The molecule has 6 heteroatoms. The van der Waals surface area contributed by atoms with E-state index in [2.05, 4.69) is 15.3 Å². The summed E-state index contributed by atoms with van der Waals surface area (Å²) in [6, 6.07) is 6.46. The first-order chi connectivity index (χ1) is 10.2. The minimum absolute atomic E-state index is 0.193. The number of hydrogen-bond acceptors (Lipinski definition) is 5. The summed E-state index contributed by atoms with van der Waals surface area (Å²) in [4.78, 5) is 8.78. The summed E-state index contributed by atoms with van der Waals surface area (Å²) in [7, 11) is 3.03. The summed E-state index contributed by atoms with van der Waals surface area (Å²) in [5.74, 6) is 0.882. The first-order valence-electron chi connectivity index (χ1n) is 6.62. The van der Waals surface area contributed by atoms with Crippen molar-refractivity contribution in [1.29, 1.82) is 0 Å². The Balaban J connectivity index is 2.43. The van der Waals surface area contributed by atoms with Gasteiger partial charge >= 0.3 is 0 Å². The van der Waals surface area contributed by atoms with Crippen LogP contribution in [0.15, 0.2) is 24.3 Å². The van der Waals surface area contributed by atoms with Gasteiger partial charge in [-0.1, -0.05) is 0 Å². The normalized spacial score (nSPS) is 10.5. The van der Waals surface area contributed by atoms with Gasteiger partial charge in [0.1, 0.15) is 5.82 Å². The van der Waals surface area contributed by atoms with Crippen molar-refractivity contribution < 1.29 is 13.9 Å². The lowest BCUT2D eigenvalue weighted by molar-refractivity contribution is 0.181. The van der Waals surface area contributed by atoms with E-state index < -0.39 is 5.82 Å². The quantitative estimate of drug-likeness (QED) is 0.887. The smallest absolute Gasteiger partial charge is 0.165 e. The second-order valence-electron chi connectivity index (χ2n) is 4.38. The van der Waals surface area contributed by atoms with Gasteiger partial charge in [0.25, 0.3) is 0 Å². The van der Waals surface area contributed by atoms with Crippen LogP contribution in [0.1, 0.15) is 12.6 Å². The summed E-state index contributed by atoms with van der Waals surface area (Å²) in [5, 5.41) is 3.13. The molecule has 0 saturated heterocycles. The highest BCUT2D eigenvalue weighted by Crippen LogP contribution is 2.24. The molecule has 1 heterocycles. The van der Waals surface area contributed by atoms with E-state index in [9.17, 15) is 4.39 Å². The fraction of sp³-hybridized carbons (Fsp3) is 0.333. The lowest BCUT2D eigenvalue weighted by Crippen LogP contribution is -2.05. The molecule has 0 radical (unpaired) electrons. The molecule has 5 nitrogen and oxygen atoms in total. The second-order valence-corrected chi connectivity index (χ2v) is 4.38. The summed E-state index contributed by atoms with van der Waals surface area (Å²) in [6.45, 7) is 3.08. The van der Waals surface area contributed by atoms with Crippen molar-refractivity contribution in [2.24, 2.45) is 0 Å². The number of anilines is 1. The van der Waals surface area contributed by atoms with Crippen molar-refractivity contribution in [3.63, 3.8) is 0 Å². The Kier molecular flexibility index (Phi) is 5.05. The van der Waals surface area contributed by atoms with Crippen LogP contribution in [0, 0.1) is 5.82 Å². The molecule has 0 unspecified atom stereocenters. The van der Waals surface area contributed by atoms with Crippen molar-refractivity contribution in [3.8, 4) is 17.1 Å². The number of aromatic nitrogens is 2. The third kappa shape index (κ3) is 3.66. The Morgan fingerprint density at radius 2 is 2.00 bits per heavy atom. The predicted molar refractivity (Wildman–Crippen MR) is 78.9 cm³/mol. The number of hydrogen-bond donors (Lipinski definition) is 1. The molecular weight excluding hydrogens is 273 g/mol. The van der Waals surface area contributed by atoms with Crippen LogP contribution < -0.4 is 10.1 Å². The average molecular weight is 291 g/mol. The van der Waals surface area contributed by atoms with Crippen molar-refractivity contribution in [3.05, 3.63) is 35.8 Å². The molecule has 2 aromatic rings. The van der Waals surface area contributed by atoms with Gasteiger partial charge < -0.3 is 14.8 Å². The van der Waals surface area contributed by atoms with Crippen LogP contribution in [-0.4, -0.2) is 30.7 Å². The van der Waals surface area contributed by atoms with Gasteiger partial charge in [-0.05, 0) is 25.1 Å². The highest BCUT2D eigenvalue weighted by molar-refractivity contribution is 5.59. The van der Waals surface area contributed by atoms with Gasteiger partial charge in [0, 0.05) is 25.3 Å². The van der Waals surface area contributed by atoms with E-state index in [4.69, 9.17) is 9.47 Å². The molecule has 1 aromatic heterocycles. The van der Waals surface area contributed by atoms with E-state index in [0.717, 1.165) is 12.2 Å². The molecule has 0 aliphatic rings. The molecule has 0 saturated carbocycles. The molecule has 0 bridgehead atoms. The Morgan fingerprint density at radius 3 is 2.62 bits per heavy atom. The Morgan fingerprint density at radius 1 is 1.19 bits per heavy atom. The van der Waals surface area contributed by atoms with Crippen LogP contribution >= 0.6 is 0 Å². The summed E-state index contributed by atoms with van der Waals surface area (Å²) in [5.41, 5.74) is 1.32. The fourth-order valence-corrected chi connectivity index (χ4v) is 1.93. The van der Waals surface area contributed by atoms with Gasteiger partial charge in [0.05, 0.1) is 19.4 Å². The average Bonchev–Trinajstić information content (AvgIpc) is 2.47. The number of rotatable bonds is 6. The number of halogens is 1. The van der Waals surface area contributed by atoms with Crippen molar-refractivity contribution in [1.82, 2.24) is 9.97 Å². The monoisotopic (exact) mass is 291 g/mol. The maximum absolute atomic E-state index is 13.8. The van der Waals surface area contributed by atoms with Crippen molar-refractivity contribution >= 4 is 5.82 Å². The molecule has 0 aliphatic heterocycles. The Labute approximate surface area is 123 Å². The standard InChI is InChI=1S/C15H18FN3O2/c1-4-17-14-8-11(9-20-2)18-15(19-14)10-5-6-13(21-3)12(16)7-10/h5-8H,4,9H2,1-3H3,(H,17,18,19). The fourth-order valence-electron chi connectivity index (χ4n) is 1.93. The van der Waals surface area contributed by atoms with Gasteiger partial charge in [-0.25, -0.2) is 14.4 Å². The third-order valence-corrected chi connectivity index (χ3v) is 2.84. The van der Waals surface area contributed by atoms with Crippen LogP contribution in [0.3, 0.4) is 0 Å². The van der Waals surface area contributed by atoms with Crippen molar-refractivity contribution in [2.75, 3.05) is 26.1 Å². The Hall–Kier alpha value is -2.21. The molecule has 0 aliphatic carbocycles. The minimum Gasteiger partial charge on any atom is -0.494 e. The topological polar surface area (TPSA) is 56.3 Å². The number of nitrogens with one attached hydrogen (secondary N) is 1. The predicted octanol–water partition coefficient (Wildman–Crippen LogP) is 2.87. The lowest BCUT2D eigenvalue weighted by atomic mass is 10.2. The van der Waals surface area contributed by atoms with Crippen molar-refractivity contribution in [2.45, 2.75) is 13.5 Å². The third-order valence-electron chi connectivity index (χ3n) is 2.84. The molecule has 1 N–H and O–H groups in total.